The lowest BCUT2D eigenvalue weighted by atomic mass is 10.2. The second kappa shape index (κ2) is 6.95. The number of fused-ring (bicyclic) bond motifs is 1. The number of imidazole rings is 1. The Morgan fingerprint density at radius 1 is 1.14 bits per heavy atom. The normalized spacial score (nSPS) is 10.9. The third-order valence-electron chi connectivity index (χ3n) is 4.39. The van der Waals surface area contributed by atoms with Crippen molar-refractivity contribution in [3.05, 3.63) is 82.2 Å². The maximum atomic E-state index is 12.8. The van der Waals surface area contributed by atoms with Gasteiger partial charge in [-0.25, -0.2) is 4.98 Å². The van der Waals surface area contributed by atoms with E-state index in [1.54, 1.807) is 0 Å². The van der Waals surface area contributed by atoms with E-state index in [1.807, 2.05) is 59.2 Å². The first kappa shape index (κ1) is 17.4. The van der Waals surface area contributed by atoms with E-state index in [-0.39, 0.29) is 11.4 Å². The molecule has 2 aromatic heterocycles. The van der Waals surface area contributed by atoms with E-state index < -0.39 is 10.8 Å². The highest BCUT2D eigenvalue weighted by atomic mass is 16.6. The van der Waals surface area contributed by atoms with Crippen LogP contribution in [0.2, 0.25) is 0 Å². The van der Waals surface area contributed by atoms with Crippen LogP contribution >= 0.6 is 0 Å². The summed E-state index contributed by atoms with van der Waals surface area (Å²) in [5, 5.41) is 17.7. The number of hydrogen-bond donors (Lipinski definition) is 1. The van der Waals surface area contributed by atoms with E-state index in [1.165, 1.54) is 11.7 Å². The van der Waals surface area contributed by atoms with Crippen LogP contribution in [0.5, 0.6) is 0 Å². The lowest BCUT2D eigenvalue weighted by molar-refractivity contribution is -0.385. The number of amides is 1. The van der Waals surface area contributed by atoms with Crippen molar-refractivity contribution in [3.8, 4) is 0 Å². The number of hydrogen-bond acceptors (Lipinski definition) is 5. The Bertz CT molecular complexity index is 1180. The average molecular weight is 376 g/mol. The molecule has 1 N–H and O–H groups in total. The van der Waals surface area contributed by atoms with Crippen LogP contribution in [0.15, 0.2) is 60.8 Å². The topological polar surface area (TPSA) is 108 Å². The monoisotopic (exact) mass is 376 g/mol. The van der Waals surface area contributed by atoms with Crippen LogP contribution < -0.4 is 5.32 Å². The molecule has 0 aliphatic carbocycles. The average Bonchev–Trinajstić information content (AvgIpc) is 3.24. The molecule has 0 bridgehead atoms. The standard InChI is InChI=1S/C19H16N6O3/c1-23-17(16(11-20-23)25(27)28)18(26)22-19-21-14-9-5-6-10-15(14)24(19)12-13-7-3-2-4-8-13/h2-11H,12H2,1H3,(H,21,22,26). The Hall–Kier alpha value is -4.01. The van der Waals surface area contributed by atoms with Gasteiger partial charge in [0.25, 0.3) is 5.91 Å². The maximum absolute atomic E-state index is 12.8. The molecule has 9 heteroatoms. The molecule has 2 aromatic carbocycles. The molecule has 0 spiro atoms. The summed E-state index contributed by atoms with van der Waals surface area (Å²) in [7, 11) is 1.48. The number of nitro groups is 1. The molecular weight excluding hydrogens is 360 g/mol. The van der Waals surface area contributed by atoms with Gasteiger partial charge in [-0.1, -0.05) is 42.5 Å². The first-order chi connectivity index (χ1) is 13.5. The number of benzene rings is 2. The maximum Gasteiger partial charge on any atom is 0.320 e. The van der Waals surface area contributed by atoms with E-state index in [0.717, 1.165) is 17.3 Å². The lowest BCUT2D eigenvalue weighted by Gasteiger charge is -2.10. The molecule has 0 unspecified atom stereocenters. The minimum atomic E-state index is -0.642. The van der Waals surface area contributed by atoms with Gasteiger partial charge in [-0.15, -0.1) is 0 Å². The fourth-order valence-corrected chi connectivity index (χ4v) is 3.08. The molecule has 140 valence electrons. The van der Waals surface area contributed by atoms with Gasteiger partial charge in [0.05, 0.1) is 22.5 Å². The van der Waals surface area contributed by atoms with Crippen LogP contribution in [-0.4, -0.2) is 30.2 Å². The van der Waals surface area contributed by atoms with Crippen LogP contribution in [-0.2, 0) is 13.6 Å². The highest BCUT2D eigenvalue weighted by Gasteiger charge is 2.27. The number of para-hydroxylation sites is 2. The van der Waals surface area contributed by atoms with Crippen molar-refractivity contribution in [2.75, 3.05) is 5.32 Å². The van der Waals surface area contributed by atoms with Gasteiger partial charge in [-0.3, -0.25) is 24.9 Å². The van der Waals surface area contributed by atoms with Crippen LogP contribution in [0.25, 0.3) is 11.0 Å². The second-order valence-corrected chi connectivity index (χ2v) is 6.21. The van der Waals surface area contributed by atoms with Crippen molar-refractivity contribution in [2.45, 2.75) is 6.54 Å². The number of carbonyl (C=O) groups is 1. The zero-order valence-corrected chi connectivity index (χ0v) is 14.9. The Kier molecular flexibility index (Phi) is 4.32. The minimum Gasteiger partial charge on any atom is -0.305 e. The smallest absolute Gasteiger partial charge is 0.305 e. The minimum absolute atomic E-state index is 0.136. The molecule has 28 heavy (non-hydrogen) atoms. The summed E-state index contributed by atoms with van der Waals surface area (Å²) in [5.74, 6) is -0.332. The van der Waals surface area contributed by atoms with E-state index in [2.05, 4.69) is 15.4 Å². The first-order valence-electron chi connectivity index (χ1n) is 8.51. The molecule has 9 nitrogen and oxygen atoms in total. The summed E-state index contributed by atoms with van der Waals surface area (Å²) in [6, 6.07) is 17.3. The van der Waals surface area contributed by atoms with Crippen molar-refractivity contribution in [1.29, 1.82) is 0 Å². The van der Waals surface area contributed by atoms with Crippen molar-refractivity contribution in [3.63, 3.8) is 0 Å². The highest BCUT2D eigenvalue weighted by Crippen LogP contribution is 2.23. The third-order valence-corrected chi connectivity index (χ3v) is 4.39. The number of rotatable bonds is 5. The number of aromatic nitrogens is 4. The molecule has 4 aromatic rings. The molecule has 1 amide bonds. The quantitative estimate of drug-likeness (QED) is 0.425. The van der Waals surface area contributed by atoms with E-state index in [4.69, 9.17) is 0 Å². The molecular formula is C19H16N6O3. The van der Waals surface area contributed by atoms with Gasteiger partial charge in [0.1, 0.15) is 6.20 Å². The Morgan fingerprint density at radius 3 is 2.61 bits per heavy atom. The number of aryl methyl sites for hydroxylation is 1. The van der Waals surface area contributed by atoms with Gasteiger partial charge >= 0.3 is 5.69 Å². The third kappa shape index (κ3) is 3.09. The number of carbonyl (C=O) groups excluding carboxylic acids is 1. The predicted octanol–water partition coefficient (Wildman–Crippen LogP) is 2.98. The van der Waals surface area contributed by atoms with Gasteiger partial charge in [0.2, 0.25) is 11.6 Å². The molecule has 0 saturated carbocycles. The molecule has 0 atom stereocenters. The van der Waals surface area contributed by atoms with Crippen molar-refractivity contribution < 1.29 is 9.72 Å². The molecule has 0 fully saturated rings. The van der Waals surface area contributed by atoms with Crippen LogP contribution in [0.3, 0.4) is 0 Å². The zero-order chi connectivity index (χ0) is 19.7. The molecule has 0 saturated heterocycles. The van der Waals surface area contributed by atoms with E-state index in [9.17, 15) is 14.9 Å². The fraction of sp³-hybridized carbons (Fsp3) is 0.105. The van der Waals surface area contributed by atoms with Crippen molar-refractivity contribution in [2.24, 2.45) is 7.05 Å². The largest absolute Gasteiger partial charge is 0.320 e. The predicted molar refractivity (Wildman–Crippen MR) is 103 cm³/mol. The molecule has 2 heterocycles. The molecule has 4 rings (SSSR count). The highest BCUT2D eigenvalue weighted by molar-refractivity contribution is 6.05. The van der Waals surface area contributed by atoms with Gasteiger partial charge in [0.15, 0.2) is 0 Å². The summed E-state index contributed by atoms with van der Waals surface area (Å²) in [6.45, 7) is 0.491. The second-order valence-electron chi connectivity index (χ2n) is 6.21. The van der Waals surface area contributed by atoms with Crippen LogP contribution in [0.4, 0.5) is 11.6 Å². The van der Waals surface area contributed by atoms with Gasteiger partial charge in [-0.05, 0) is 17.7 Å². The number of anilines is 1. The van der Waals surface area contributed by atoms with Crippen molar-refractivity contribution >= 4 is 28.6 Å². The van der Waals surface area contributed by atoms with Gasteiger partial charge < -0.3 is 4.57 Å². The molecule has 0 aliphatic rings. The van der Waals surface area contributed by atoms with Crippen molar-refractivity contribution in [1.82, 2.24) is 19.3 Å². The molecule has 0 aliphatic heterocycles. The summed E-state index contributed by atoms with van der Waals surface area (Å²) < 4.78 is 3.04. The zero-order valence-electron chi connectivity index (χ0n) is 14.9. The summed E-state index contributed by atoms with van der Waals surface area (Å²) in [6.07, 6.45) is 1.06. The first-order valence-corrected chi connectivity index (χ1v) is 8.51. The Morgan fingerprint density at radius 2 is 1.86 bits per heavy atom. The van der Waals surface area contributed by atoms with Gasteiger partial charge in [0, 0.05) is 7.05 Å². The summed E-state index contributed by atoms with van der Waals surface area (Å²) >= 11 is 0. The van der Waals surface area contributed by atoms with Gasteiger partial charge in [-0.2, -0.15) is 5.10 Å². The van der Waals surface area contributed by atoms with Crippen LogP contribution in [0, 0.1) is 10.1 Å². The Labute approximate surface area is 159 Å². The lowest BCUT2D eigenvalue weighted by Crippen LogP contribution is -2.20. The molecule has 0 radical (unpaired) electrons. The SMILES string of the molecule is Cn1ncc([N+](=O)[O-])c1C(=O)Nc1nc2ccccc2n1Cc1ccccc1. The number of nitrogens with one attached hydrogen (secondary N) is 1. The summed E-state index contributed by atoms with van der Waals surface area (Å²) in [4.78, 5) is 27.8. The number of nitrogens with zero attached hydrogens (tertiary/aromatic N) is 5. The Balaban J connectivity index is 1.75. The fourth-order valence-electron chi connectivity index (χ4n) is 3.08. The van der Waals surface area contributed by atoms with Crippen LogP contribution in [0.1, 0.15) is 16.1 Å². The summed E-state index contributed by atoms with van der Waals surface area (Å²) in [5.41, 5.74) is 2.11. The van der Waals surface area contributed by atoms with E-state index in [0.29, 0.717) is 18.0 Å². The van der Waals surface area contributed by atoms with E-state index >= 15 is 0 Å².